The average molecular weight is 322 g/mol. The summed E-state index contributed by atoms with van der Waals surface area (Å²) in [6.45, 7) is 2.60. The van der Waals surface area contributed by atoms with Crippen LogP contribution in [0.1, 0.15) is 12.5 Å². The second-order valence-electron chi connectivity index (χ2n) is 4.50. The van der Waals surface area contributed by atoms with Gasteiger partial charge in [0, 0.05) is 5.56 Å². The molecular formula is C15H18N2O2S2. The highest BCUT2D eigenvalue weighted by Crippen LogP contribution is 2.25. The highest BCUT2D eigenvalue weighted by molar-refractivity contribution is 7.72. The van der Waals surface area contributed by atoms with Gasteiger partial charge in [-0.2, -0.15) is 0 Å². The van der Waals surface area contributed by atoms with Crippen LogP contribution < -0.4 is 0 Å². The van der Waals surface area contributed by atoms with E-state index in [1.54, 1.807) is 0 Å². The van der Waals surface area contributed by atoms with Crippen molar-refractivity contribution in [1.82, 2.24) is 9.55 Å². The number of aliphatic hydroxyl groups is 1. The number of benzene rings is 1. The maximum absolute atomic E-state index is 8.86. The van der Waals surface area contributed by atoms with E-state index in [0.29, 0.717) is 9.41 Å². The lowest BCUT2D eigenvalue weighted by Crippen LogP contribution is -2.13. The third-order valence-electron chi connectivity index (χ3n) is 3.15. The SMILES string of the molecule is CCc1c(-c2ccccc2)n(COCCO)c(=S)[nH]c1=S. The van der Waals surface area contributed by atoms with Crippen molar-refractivity contribution >= 4 is 24.4 Å². The van der Waals surface area contributed by atoms with Crippen molar-refractivity contribution in [1.29, 1.82) is 0 Å². The van der Waals surface area contributed by atoms with E-state index >= 15 is 0 Å². The molecule has 1 heterocycles. The number of rotatable bonds is 6. The van der Waals surface area contributed by atoms with Gasteiger partial charge in [0.15, 0.2) is 4.77 Å². The molecule has 0 radical (unpaired) electrons. The van der Waals surface area contributed by atoms with Gasteiger partial charge in [-0.15, -0.1) is 0 Å². The molecule has 1 aromatic carbocycles. The summed E-state index contributed by atoms with van der Waals surface area (Å²) >= 11 is 10.8. The van der Waals surface area contributed by atoms with Crippen molar-refractivity contribution in [3.63, 3.8) is 0 Å². The van der Waals surface area contributed by atoms with Gasteiger partial charge >= 0.3 is 0 Å². The van der Waals surface area contributed by atoms with Gasteiger partial charge in [-0.05, 0) is 24.2 Å². The van der Waals surface area contributed by atoms with Crippen LogP contribution >= 0.6 is 24.4 Å². The molecule has 0 bridgehead atoms. The molecule has 0 aliphatic rings. The summed E-state index contributed by atoms with van der Waals surface area (Å²) in [4.78, 5) is 3.05. The Hall–Kier alpha value is -1.34. The summed E-state index contributed by atoms with van der Waals surface area (Å²) in [7, 11) is 0. The number of aromatic amines is 1. The first-order valence-corrected chi connectivity index (χ1v) is 7.60. The molecule has 1 aromatic heterocycles. The van der Waals surface area contributed by atoms with E-state index in [0.717, 1.165) is 23.2 Å². The van der Waals surface area contributed by atoms with E-state index in [9.17, 15) is 0 Å². The zero-order valence-corrected chi connectivity index (χ0v) is 13.5. The Morgan fingerprint density at radius 3 is 2.57 bits per heavy atom. The van der Waals surface area contributed by atoms with Crippen LogP contribution in [0.5, 0.6) is 0 Å². The molecule has 0 aliphatic carbocycles. The Balaban J connectivity index is 2.62. The fourth-order valence-corrected chi connectivity index (χ4v) is 2.86. The van der Waals surface area contributed by atoms with E-state index in [1.807, 2.05) is 34.9 Å². The predicted octanol–water partition coefficient (Wildman–Crippen LogP) is 3.47. The molecule has 112 valence electrons. The molecule has 0 fully saturated rings. The topological polar surface area (TPSA) is 50.2 Å². The third-order valence-corrected chi connectivity index (χ3v) is 3.82. The number of H-pyrrole nitrogens is 1. The fourth-order valence-electron chi connectivity index (χ4n) is 2.21. The van der Waals surface area contributed by atoms with Crippen LogP contribution in [-0.2, 0) is 17.9 Å². The quantitative estimate of drug-likeness (QED) is 0.631. The normalized spacial score (nSPS) is 10.8. The fraction of sp³-hybridized carbons (Fsp3) is 0.333. The Bertz CT molecular complexity index is 708. The summed E-state index contributed by atoms with van der Waals surface area (Å²) in [5, 5.41) is 8.86. The molecule has 0 atom stereocenters. The van der Waals surface area contributed by atoms with Crippen molar-refractivity contribution in [2.75, 3.05) is 13.2 Å². The zero-order valence-electron chi connectivity index (χ0n) is 11.8. The molecule has 0 saturated heterocycles. The molecule has 6 heteroatoms. The standard InChI is InChI=1S/C15H18N2O2S2/c1-2-12-13(11-6-4-3-5-7-11)17(10-19-9-8-18)15(21)16-14(12)20/h3-7,18H,2,8-10H2,1H3,(H,16,20,21). The number of nitrogens with zero attached hydrogens (tertiary/aromatic N) is 1. The number of hydrogen-bond acceptors (Lipinski definition) is 4. The molecule has 2 rings (SSSR count). The lowest BCUT2D eigenvalue weighted by atomic mass is 10.1. The Kier molecular flexibility index (Phi) is 5.81. The third kappa shape index (κ3) is 3.65. The Labute approximate surface area is 134 Å². The van der Waals surface area contributed by atoms with Gasteiger partial charge in [0.05, 0.1) is 18.9 Å². The average Bonchev–Trinajstić information content (AvgIpc) is 2.50. The van der Waals surface area contributed by atoms with Gasteiger partial charge < -0.3 is 14.8 Å². The minimum Gasteiger partial charge on any atom is -0.394 e. The highest BCUT2D eigenvalue weighted by atomic mass is 32.1. The Morgan fingerprint density at radius 1 is 1.24 bits per heavy atom. The first-order chi connectivity index (χ1) is 10.2. The second kappa shape index (κ2) is 7.61. The first-order valence-electron chi connectivity index (χ1n) is 6.79. The van der Waals surface area contributed by atoms with Crippen molar-refractivity contribution in [3.05, 3.63) is 45.3 Å². The first kappa shape index (κ1) is 16.0. The number of aliphatic hydroxyl groups excluding tert-OH is 1. The largest absolute Gasteiger partial charge is 0.394 e. The number of ether oxygens (including phenoxy) is 1. The molecule has 21 heavy (non-hydrogen) atoms. The van der Waals surface area contributed by atoms with Crippen molar-refractivity contribution < 1.29 is 9.84 Å². The van der Waals surface area contributed by atoms with E-state index in [4.69, 9.17) is 34.3 Å². The van der Waals surface area contributed by atoms with Crippen LogP contribution in [0.4, 0.5) is 0 Å². The zero-order chi connectivity index (χ0) is 15.2. The molecule has 0 amide bonds. The molecule has 2 aromatic rings. The number of aromatic nitrogens is 2. The summed E-state index contributed by atoms with van der Waals surface area (Å²) < 4.78 is 8.52. The molecule has 0 unspecified atom stereocenters. The maximum Gasteiger partial charge on any atom is 0.180 e. The molecule has 0 saturated carbocycles. The minimum atomic E-state index is -0.0164. The van der Waals surface area contributed by atoms with Crippen LogP contribution in [0.3, 0.4) is 0 Å². The van der Waals surface area contributed by atoms with Crippen molar-refractivity contribution in [3.8, 4) is 11.3 Å². The smallest absolute Gasteiger partial charge is 0.180 e. The minimum absolute atomic E-state index is 0.0164. The summed E-state index contributed by atoms with van der Waals surface area (Å²) in [6, 6.07) is 9.99. The predicted molar refractivity (Wildman–Crippen MR) is 88.3 cm³/mol. The molecule has 2 N–H and O–H groups in total. The van der Waals surface area contributed by atoms with Gasteiger partial charge in [0.25, 0.3) is 0 Å². The van der Waals surface area contributed by atoms with Gasteiger partial charge in [0.1, 0.15) is 11.4 Å². The summed E-state index contributed by atoms with van der Waals surface area (Å²) in [6.07, 6.45) is 0.801. The number of hydrogen-bond donors (Lipinski definition) is 2. The second-order valence-corrected chi connectivity index (χ2v) is 5.29. The Morgan fingerprint density at radius 2 is 1.95 bits per heavy atom. The van der Waals surface area contributed by atoms with E-state index in [2.05, 4.69) is 11.9 Å². The van der Waals surface area contributed by atoms with Crippen molar-refractivity contribution in [2.45, 2.75) is 20.1 Å². The van der Waals surface area contributed by atoms with Crippen LogP contribution in [-0.4, -0.2) is 27.9 Å². The summed E-state index contributed by atoms with van der Waals surface area (Å²) in [5.74, 6) is 0. The van der Waals surface area contributed by atoms with Crippen LogP contribution in [0.2, 0.25) is 0 Å². The molecule has 0 spiro atoms. The van der Waals surface area contributed by atoms with Crippen molar-refractivity contribution in [2.24, 2.45) is 0 Å². The monoisotopic (exact) mass is 322 g/mol. The van der Waals surface area contributed by atoms with Crippen LogP contribution in [0.15, 0.2) is 30.3 Å². The lowest BCUT2D eigenvalue weighted by Gasteiger charge is -2.18. The maximum atomic E-state index is 8.86. The van der Waals surface area contributed by atoms with Gasteiger partial charge in [-0.3, -0.25) is 4.57 Å². The molecular weight excluding hydrogens is 304 g/mol. The van der Waals surface area contributed by atoms with Gasteiger partial charge in [-0.25, -0.2) is 0 Å². The molecule has 4 nitrogen and oxygen atoms in total. The van der Waals surface area contributed by atoms with Gasteiger partial charge in [-0.1, -0.05) is 49.5 Å². The van der Waals surface area contributed by atoms with E-state index in [-0.39, 0.29) is 19.9 Å². The summed E-state index contributed by atoms with van der Waals surface area (Å²) in [5.41, 5.74) is 3.07. The van der Waals surface area contributed by atoms with Crippen LogP contribution in [0.25, 0.3) is 11.3 Å². The molecule has 0 aliphatic heterocycles. The van der Waals surface area contributed by atoms with E-state index in [1.165, 1.54) is 0 Å². The van der Waals surface area contributed by atoms with E-state index < -0.39 is 0 Å². The number of nitrogens with one attached hydrogen (secondary N) is 1. The highest BCUT2D eigenvalue weighted by Gasteiger charge is 2.12. The van der Waals surface area contributed by atoms with Gasteiger partial charge in [0.2, 0.25) is 0 Å². The lowest BCUT2D eigenvalue weighted by molar-refractivity contribution is 0.0474. The van der Waals surface area contributed by atoms with Crippen LogP contribution in [0, 0.1) is 9.41 Å².